The lowest BCUT2D eigenvalue weighted by Crippen LogP contribution is -1.92. The first-order chi connectivity index (χ1) is 7.02. The number of hydrogen-bond acceptors (Lipinski definition) is 1. The molecule has 0 aliphatic carbocycles. The molecule has 0 amide bonds. The van der Waals surface area contributed by atoms with Crippen molar-refractivity contribution in [2.45, 2.75) is 0 Å². The summed E-state index contributed by atoms with van der Waals surface area (Å²) in [6, 6.07) is 0.780. The lowest BCUT2D eigenvalue weighted by Gasteiger charge is -2.06. The molecular formula is C9H2BrClF2IN. The lowest BCUT2D eigenvalue weighted by atomic mass is 10.2. The number of pyridine rings is 1. The van der Waals surface area contributed by atoms with Crippen molar-refractivity contribution < 1.29 is 8.78 Å². The summed E-state index contributed by atoms with van der Waals surface area (Å²) in [5.74, 6) is -1.41. The molecule has 2 aromatic rings. The van der Waals surface area contributed by atoms with E-state index in [1.807, 2.05) is 22.6 Å². The van der Waals surface area contributed by atoms with Gasteiger partial charge in [0.25, 0.3) is 0 Å². The van der Waals surface area contributed by atoms with Gasteiger partial charge < -0.3 is 0 Å². The Balaban J connectivity index is 3.04. The Kier molecular flexibility index (Phi) is 3.14. The molecule has 0 unspecified atom stereocenters. The van der Waals surface area contributed by atoms with Crippen LogP contribution < -0.4 is 0 Å². The summed E-state index contributed by atoms with van der Waals surface area (Å²) in [5.41, 5.74) is 0.0636. The first-order valence-corrected chi connectivity index (χ1v) is 6.04. The number of halogens is 5. The van der Waals surface area contributed by atoms with Crippen molar-refractivity contribution in [3.05, 3.63) is 37.0 Å². The third-order valence-corrected chi connectivity index (χ3v) is 4.19. The van der Waals surface area contributed by atoms with Crippen LogP contribution in [0.15, 0.2) is 16.7 Å². The summed E-state index contributed by atoms with van der Waals surface area (Å²) in [7, 11) is 0. The predicted molar refractivity (Wildman–Crippen MR) is 67.1 cm³/mol. The standard InChI is InChI=1S/C9H2BrClF2IN/c10-7-3(12)1-4(13)9-6(7)8(11)5(14)2-15-9/h1-2H. The molecule has 0 N–H and O–H groups in total. The van der Waals surface area contributed by atoms with Crippen LogP contribution in [-0.2, 0) is 0 Å². The zero-order chi connectivity index (χ0) is 11.2. The molecule has 0 fully saturated rings. The van der Waals surface area contributed by atoms with Gasteiger partial charge in [0.1, 0.15) is 11.3 Å². The number of fused-ring (bicyclic) bond motifs is 1. The Morgan fingerprint density at radius 1 is 1.33 bits per heavy atom. The van der Waals surface area contributed by atoms with Crippen molar-refractivity contribution in [3.8, 4) is 0 Å². The van der Waals surface area contributed by atoms with Crippen molar-refractivity contribution in [2.75, 3.05) is 0 Å². The average molecular weight is 404 g/mol. The zero-order valence-electron chi connectivity index (χ0n) is 6.99. The van der Waals surface area contributed by atoms with Crippen molar-refractivity contribution in [1.82, 2.24) is 4.98 Å². The van der Waals surface area contributed by atoms with Gasteiger partial charge in [-0.2, -0.15) is 0 Å². The molecule has 6 heteroatoms. The van der Waals surface area contributed by atoms with E-state index in [0.717, 1.165) is 6.07 Å². The third kappa shape index (κ3) is 1.85. The topological polar surface area (TPSA) is 12.9 Å². The van der Waals surface area contributed by atoms with Crippen LogP contribution in [0.2, 0.25) is 5.02 Å². The lowest BCUT2D eigenvalue weighted by molar-refractivity contribution is 0.586. The van der Waals surface area contributed by atoms with Gasteiger partial charge in [0.2, 0.25) is 0 Å². The summed E-state index contributed by atoms with van der Waals surface area (Å²) >= 11 is 10.9. The van der Waals surface area contributed by atoms with Crippen LogP contribution in [0, 0.1) is 15.2 Å². The fourth-order valence-corrected chi connectivity index (χ4v) is 2.47. The quantitative estimate of drug-likeness (QED) is 0.464. The average Bonchev–Trinajstić information content (AvgIpc) is 2.19. The monoisotopic (exact) mass is 403 g/mol. The SMILES string of the molecule is Fc1cc(F)c2ncc(I)c(Cl)c2c1Br. The zero-order valence-corrected chi connectivity index (χ0v) is 11.5. The van der Waals surface area contributed by atoms with Gasteiger partial charge in [-0.15, -0.1) is 0 Å². The minimum atomic E-state index is -0.719. The highest BCUT2D eigenvalue weighted by Crippen LogP contribution is 2.35. The molecule has 1 nitrogen and oxygen atoms in total. The Morgan fingerprint density at radius 3 is 2.67 bits per heavy atom. The molecule has 2 rings (SSSR count). The van der Waals surface area contributed by atoms with Gasteiger partial charge in [-0.3, -0.25) is 4.98 Å². The highest BCUT2D eigenvalue weighted by Gasteiger charge is 2.15. The van der Waals surface area contributed by atoms with E-state index in [1.165, 1.54) is 6.20 Å². The predicted octanol–water partition coefficient (Wildman–Crippen LogP) is 4.53. The smallest absolute Gasteiger partial charge is 0.152 e. The Hall–Kier alpha value is -0.0100. The minimum absolute atomic E-state index is 0.0636. The van der Waals surface area contributed by atoms with E-state index in [4.69, 9.17) is 11.6 Å². The van der Waals surface area contributed by atoms with E-state index < -0.39 is 11.6 Å². The van der Waals surface area contributed by atoms with Crippen LogP contribution in [0.4, 0.5) is 8.78 Å². The summed E-state index contributed by atoms with van der Waals surface area (Å²) < 4.78 is 27.4. The Bertz CT molecular complexity index is 553. The van der Waals surface area contributed by atoms with E-state index in [-0.39, 0.29) is 15.4 Å². The van der Waals surface area contributed by atoms with Crippen molar-refractivity contribution in [2.24, 2.45) is 0 Å². The second kappa shape index (κ2) is 4.10. The molecule has 15 heavy (non-hydrogen) atoms. The minimum Gasteiger partial charge on any atom is -0.252 e. The second-order valence-electron chi connectivity index (χ2n) is 2.80. The summed E-state index contributed by atoms with van der Waals surface area (Å²) in [6.45, 7) is 0. The highest BCUT2D eigenvalue weighted by molar-refractivity contribution is 14.1. The van der Waals surface area contributed by atoms with Crippen LogP contribution in [-0.4, -0.2) is 4.98 Å². The van der Waals surface area contributed by atoms with Crippen LogP contribution in [0.3, 0.4) is 0 Å². The molecule has 0 spiro atoms. The molecule has 0 bridgehead atoms. The van der Waals surface area contributed by atoms with Gasteiger partial charge in [0.15, 0.2) is 5.82 Å². The summed E-state index contributed by atoms with van der Waals surface area (Å²) in [5, 5.41) is 0.562. The number of nitrogens with zero attached hydrogens (tertiary/aromatic N) is 1. The molecule has 1 heterocycles. The maximum atomic E-state index is 13.4. The Morgan fingerprint density at radius 2 is 2.00 bits per heavy atom. The van der Waals surface area contributed by atoms with Crippen LogP contribution >= 0.6 is 50.1 Å². The Labute approximate surface area is 111 Å². The highest BCUT2D eigenvalue weighted by atomic mass is 127. The largest absolute Gasteiger partial charge is 0.252 e. The van der Waals surface area contributed by atoms with Crippen LogP contribution in [0.25, 0.3) is 10.9 Å². The van der Waals surface area contributed by atoms with Gasteiger partial charge in [0, 0.05) is 17.6 Å². The fourth-order valence-electron chi connectivity index (χ4n) is 1.21. The van der Waals surface area contributed by atoms with Gasteiger partial charge in [0.05, 0.1) is 13.1 Å². The van der Waals surface area contributed by atoms with Crippen molar-refractivity contribution in [3.63, 3.8) is 0 Å². The maximum Gasteiger partial charge on any atom is 0.152 e. The number of rotatable bonds is 0. The number of aromatic nitrogens is 1. The van der Waals surface area contributed by atoms with E-state index >= 15 is 0 Å². The molecule has 78 valence electrons. The first kappa shape index (κ1) is 11.5. The summed E-state index contributed by atoms with van der Waals surface area (Å²) in [4.78, 5) is 3.88. The van der Waals surface area contributed by atoms with Gasteiger partial charge in [-0.1, -0.05) is 11.6 Å². The van der Waals surface area contributed by atoms with E-state index in [2.05, 4.69) is 20.9 Å². The van der Waals surface area contributed by atoms with Crippen molar-refractivity contribution >= 4 is 61.0 Å². The van der Waals surface area contributed by atoms with Gasteiger partial charge in [-0.05, 0) is 38.5 Å². The van der Waals surface area contributed by atoms with Gasteiger partial charge in [-0.25, -0.2) is 8.78 Å². The van der Waals surface area contributed by atoms with Crippen molar-refractivity contribution in [1.29, 1.82) is 0 Å². The van der Waals surface area contributed by atoms with Crippen LogP contribution in [0.5, 0.6) is 0 Å². The normalized spacial score (nSPS) is 11.0. The molecule has 1 aromatic heterocycles. The van der Waals surface area contributed by atoms with Gasteiger partial charge >= 0.3 is 0 Å². The molecule has 1 aromatic carbocycles. The van der Waals surface area contributed by atoms with Crippen LogP contribution in [0.1, 0.15) is 0 Å². The molecule has 0 saturated heterocycles. The summed E-state index contributed by atoms with van der Waals surface area (Å²) in [6.07, 6.45) is 1.44. The first-order valence-electron chi connectivity index (χ1n) is 3.79. The fraction of sp³-hybridized carbons (Fsp3) is 0. The maximum absolute atomic E-state index is 13.4. The number of benzene rings is 1. The molecule has 0 aliphatic rings. The molecular weight excluding hydrogens is 402 g/mol. The van der Waals surface area contributed by atoms with E-state index in [1.54, 1.807) is 0 Å². The molecule has 0 radical (unpaired) electrons. The number of hydrogen-bond donors (Lipinski definition) is 0. The third-order valence-electron chi connectivity index (χ3n) is 1.88. The molecule has 0 saturated carbocycles. The second-order valence-corrected chi connectivity index (χ2v) is 5.13. The van der Waals surface area contributed by atoms with E-state index in [9.17, 15) is 8.78 Å². The molecule has 0 atom stereocenters. The van der Waals surface area contributed by atoms with E-state index in [0.29, 0.717) is 8.59 Å². The molecule has 0 aliphatic heterocycles.